The van der Waals surface area contributed by atoms with Crippen LogP contribution < -0.4 is 0 Å². The van der Waals surface area contributed by atoms with Crippen molar-refractivity contribution in [2.45, 2.75) is 36.4 Å². The van der Waals surface area contributed by atoms with Crippen molar-refractivity contribution in [2.24, 2.45) is 5.92 Å². The number of rotatable bonds is 5. The van der Waals surface area contributed by atoms with Crippen molar-refractivity contribution in [2.75, 3.05) is 19.7 Å². The first kappa shape index (κ1) is 18.0. The zero-order valence-electron chi connectivity index (χ0n) is 12.7. The maximum atomic E-state index is 12.9. The van der Waals surface area contributed by atoms with Crippen molar-refractivity contribution < 1.29 is 26.3 Å². The van der Waals surface area contributed by atoms with E-state index in [-0.39, 0.29) is 19.2 Å². The van der Waals surface area contributed by atoms with E-state index in [0.29, 0.717) is 25.0 Å². The summed E-state index contributed by atoms with van der Waals surface area (Å²) in [6.45, 7) is 1.03. The van der Waals surface area contributed by atoms with Gasteiger partial charge in [0.1, 0.15) is 0 Å². The van der Waals surface area contributed by atoms with Gasteiger partial charge >= 0.3 is 6.18 Å². The van der Waals surface area contributed by atoms with E-state index in [2.05, 4.69) is 0 Å². The van der Waals surface area contributed by atoms with Crippen molar-refractivity contribution in [3.63, 3.8) is 0 Å². The van der Waals surface area contributed by atoms with Crippen molar-refractivity contribution >= 4 is 21.6 Å². The van der Waals surface area contributed by atoms with Crippen LogP contribution in [-0.4, -0.2) is 38.5 Å². The Morgan fingerprint density at radius 3 is 2.58 bits per heavy atom. The number of halogens is 4. The molecule has 2 fully saturated rings. The zero-order valence-corrected chi connectivity index (χ0v) is 14.3. The van der Waals surface area contributed by atoms with Crippen LogP contribution in [0.1, 0.15) is 24.8 Å². The average molecular weight is 384 g/mol. The SMILES string of the molecule is O=S(=O)(c1ccc(Cl)c(C(F)(F)F)c1)N1CCC(OCC2CC2)C1. The first-order valence-electron chi connectivity index (χ1n) is 7.66. The standard InChI is InChI=1S/C15H17ClF3NO3S/c16-14-4-3-12(7-13(14)15(17,18)19)24(21,22)20-6-5-11(8-20)23-9-10-1-2-10/h3-4,7,10-11H,1-2,5-6,8-9H2. The molecule has 134 valence electrons. The normalized spacial score (nSPS) is 22.9. The Balaban J connectivity index is 1.75. The van der Waals surface area contributed by atoms with Crippen molar-refractivity contribution in [3.8, 4) is 0 Å². The summed E-state index contributed by atoms with van der Waals surface area (Å²) in [5.74, 6) is 0.571. The van der Waals surface area contributed by atoms with Gasteiger partial charge in [-0.2, -0.15) is 17.5 Å². The molecule has 1 aliphatic carbocycles. The van der Waals surface area contributed by atoms with Crippen LogP contribution in [-0.2, 0) is 20.9 Å². The highest BCUT2D eigenvalue weighted by Gasteiger charge is 2.37. The fraction of sp³-hybridized carbons (Fsp3) is 0.600. The van der Waals surface area contributed by atoms with Gasteiger partial charge in [0.05, 0.1) is 21.6 Å². The molecule has 1 saturated carbocycles. The molecular weight excluding hydrogens is 367 g/mol. The number of sulfonamides is 1. The topological polar surface area (TPSA) is 46.6 Å². The first-order chi connectivity index (χ1) is 11.2. The van der Waals surface area contributed by atoms with Gasteiger partial charge in [0.2, 0.25) is 10.0 Å². The maximum absolute atomic E-state index is 12.9. The second-order valence-corrected chi connectivity index (χ2v) is 8.53. The van der Waals surface area contributed by atoms with E-state index in [9.17, 15) is 21.6 Å². The fourth-order valence-electron chi connectivity index (χ4n) is 2.64. The van der Waals surface area contributed by atoms with E-state index in [1.165, 1.54) is 4.31 Å². The minimum Gasteiger partial charge on any atom is -0.377 e. The van der Waals surface area contributed by atoms with Crippen LogP contribution >= 0.6 is 11.6 Å². The Kier molecular flexibility index (Phi) is 4.85. The molecule has 3 rings (SSSR count). The molecule has 4 nitrogen and oxygen atoms in total. The zero-order chi connectivity index (χ0) is 17.5. The minimum absolute atomic E-state index is 0.166. The summed E-state index contributed by atoms with van der Waals surface area (Å²) in [4.78, 5) is -0.401. The molecule has 1 unspecified atom stereocenters. The van der Waals surface area contributed by atoms with E-state index < -0.39 is 31.7 Å². The van der Waals surface area contributed by atoms with Crippen LogP contribution in [0.5, 0.6) is 0 Å². The van der Waals surface area contributed by atoms with E-state index in [0.717, 1.165) is 25.0 Å². The van der Waals surface area contributed by atoms with Gasteiger partial charge in [0.25, 0.3) is 0 Å². The van der Waals surface area contributed by atoms with Crippen LogP contribution in [0.25, 0.3) is 0 Å². The van der Waals surface area contributed by atoms with Gasteiger partial charge in [-0.25, -0.2) is 8.42 Å². The van der Waals surface area contributed by atoms with Crippen LogP contribution in [0, 0.1) is 5.92 Å². The lowest BCUT2D eigenvalue weighted by molar-refractivity contribution is -0.137. The Morgan fingerprint density at radius 1 is 1.25 bits per heavy atom. The van der Waals surface area contributed by atoms with Crippen molar-refractivity contribution in [1.29, 1.82) is 0 Å². The summed E-state index contributed by atoms with van der Waals surface area (Å²) in [5.41, 5.74) is -1.15. The van der Waals surface area contributed by atoms with Gasteiger partial charge < -0.3 is 4.74 Å². The monoisotopic (exact) mass is 383 g/mol. The minimum atomic E-state index is -4.70. The summed E-state index contributed by atoms with van der Waals surface area (Å²) >= 11 is 5.54. The third-order valence-electron chi connectivity index (χ3n) is 4.25. The molecule has 0 aromatic heterocycles. The van der Waals surface area contributed by atoms with Crippen LogP contribution in [0.4, 0.5) is 13.2 Å². The number of alkyl halides is 3. The van der Waals surface area contributed by atoms with Crippen LogP contribution in [0.2, 0.25) is 5.02 Å². The molecule has 0 spiro atoms. The molecule has 9 heteroatoms. The van der Waals surface area contributed by atoms with Gasteiger partial charge in [-0.1, -0.05) is 11.6 Å². The molecule has 1 saturated heterocycles. The molecule has 1 aromatic carbocycles. The molecule has 1 atom stereocenters. The van der Waals surface area contributed by atoms with Gasteiger partial charge in [-0.15, -0.1) is 0 Å². The molecule has 2 aliphatic rings. The molecule has 1 aromatic rings. The molecule has 1 heterocycles. The van der Waals surface area contributed by atoms with Gasteiger partial charge in [-0.05, 0) is 43.4 Å². The molecule has 0 bridgehead atoms. The van der Waals surface area contributed by atoms with Crippen molar-refractivity contribution in [3.05, 3.63) is 28.8 Å². The highest BCUT2D eigenvalue weighted by atomic mass is 35.5. The quantitative estimate of drug-likeness (QED) is 0.781. The first-order valence-corrected chi connectivity index (χ1v) is 9.48. The summed E-state index contributed by atoms with van der Waals surface area (Å²) in [7, 11) is -4.00. The van der Waals surface area contributed by atoms with E-state index in [1.807, 2.05) is 0 Å². The molecule has 1 aliphatic heterocycles. The highest BCUT2D eigenvalue weighted by Crippen LogP contribution is 2.37. The lowest BCUT2D eigenvalue weighted by Crippen LogP contribution is -2.30. The second-order valence-electron chi connectivity index (χ2n) is 6.19. The molecule has 0 N–H and O–H groups in total. The van der Waals surface area contributed by atoms with Crippen molar-refractivity contribution in [1.82, 2.24) is 4.31 Å². The van der Waals surface area contributed by atoms with E-state index in [1.54, 1.807) is 0 Å². The van der Waals surface area contributed by atoms with Gasteiger partial charge in [0.15, 0.2) is 0 Å². The predicted octanol–water partition coefficient (Wildman–Crippen LogP) is 3.55. The number of hydrogen-bond acceptors (Lipinski definition) is 3. The number of nitrogens with zero attached hydrogens (tertiary/aromatic N) is 1. The average Bonchev–Trinajstić information content (AvgIpc) is 3.20. The largest absolute Gasteiger partial charge is 0.417 e. The summed E-state index contributed by atoms with van der Waals surface area (Å²) in [5, 5.41) is -0.520. The molecule has 24 heavy (non-hydrogen) atoms. The third kappa shape index (κ3) is 3.87. The predicted molar refractivity (Wildman–Crippen MR) is 82.3 cm³/mol. The van der Waals surface area contributed by atoms with Gasteiger partial charge in [0, 0.05) is 19.7 Å². The summed E-state index contributed by atoms with van der Waals surface area (Å²) < 4.78 is 70.8. The number of hydrogen-bond donors (Lipinski definition) is 0. The maximum Gasteiger partial charge on any atom is 0.417 e. The number of benzene rings is 1. The summed E-state index contributed by atoms with van der Waals surface area (Å²) in [6.07, 6.45) is -2.08. The Bertz CT molecular complexity index is 719. The van der Waals surface area contributed by atoms with Crippen LogP contribution in [0.15, 0.2) is 23.1 Å². The van der Waals surface area contributed by atoms with E-state index in [4.69, 9.17) is 16.3 Å². The van der Waals surface area contributed by atoms with E-state index >= 15 is 0 Å². The molecule has 0 radical (unpaired) electrons. The highest BCUT2D eigenvalue weighted by molar-refractivity contribution is 7.89. The molecular formula is C15H17ClF3NO3S. The second kappa shape index (κ2) is 6.48. The smallest absolute Gasteiger partial charge is 0.377 e. The lowest BCUT2D eigenvalue weighted by Gasteiger charge is -2.18. The fourth-order valence-corrected chi connectivity index (χ4v) is 4.38. The summed E-state index contributed by atoms with van der Waals surface area (Å²) in [6, 6.07) is 2.66. The van der Waals surface area contributed by atoms with Gasteiger partial charge in [-0.3, -0.25) is 0 Å². The third-order valence-corrected chi connectivity index (χ3v) is 6.44. The Hall–Kier alpha value is -0.830. The lowest BCUT2D eigenvalue weighted by atomic mass is 10.2. The number of ether oxygens (including phenoxy) is 1. The van der Waals surface area contributed by atoms with Crippen LogP contribution in [0.3, 0.4) is 0 Å². The Morgan fingerprint density at radius 2 is 1.96 bits per heavy atom. The Labute approximate surface area is 143 Å². The molecule has 0 amide bonds.